The fraction of sp³-hybridized carbons (Fsp3) is 0.857. The summed E-state index contributed by atoms with van der Waals surface area (Å²) in [6.45, 7) is 12.9. The van der Waals surface area contributed by atoms with Crippen LogP contribution in [0, 0.1) is 17.3 Å². The third kappa shape index (κ3) is 2.53. The van der Waals surface area contributed by atoms with Gasteiger partial charge in [0.05, 0.1) is 11.8 Å². The minimum absolute atomic E-state index is 0.0834. The van der Waals surface area contributed by atoms with Gasteiger partial charge in [-0.25, -0.2) is 0 Å². The molecule has 92 valence electrons. The number of ketones is 1. The topological polar surface area (TPSA) is 29.4 Å². The molecule has 0 saturated carbocycles. The molecule has 1 rings (SSSR count). The predicted molar refractivity (Wildman–Crippen MR) is 68.9 cm³/mol. The molecule has 0 bridgehead atoms. The van der Waals surface area contributed by atoms with Crippen LogP contribution in [0.15, 0.2) is 4.99 Å². The van der Waals surface area contributed by atoms with Gasteiger partial charge in [0.15, 0.2) is 5.78 Å². The first-order chi connectivity index (χ1) is 7.29. The van der Waals surface area contributed by atoms with Gasteiger partial charge in [0, 0.05) is 5.92 Å². The normalized spacial score (nSPS) is 26.4. The average Bonchev–Trinajstić information content (AvgIpc) is 2.44. The third-order valence-corrected chi connectivity index (χ3v) is 3.31. The summed E-state index contributed by atoms with van der Waals surface area (Å²) in [5.74, 6) is 0.785. The zero-order valence-corrected chi connectivity index (χ0v) is 11.5. The summed E-state index contributed by atoms with van der Waals surface area (Å²) in [7, 11) is 0. The highest BCUT2D eigenvalue weighted by atomic mass is 16.1. The lowest BCUT2D eigenvalue weighted by Gasteiger charge is -2.31. The molecule has 0 fully saturated rings. The van der Waals surface area contributed by atoms with Gasteiger partial charge < -0.3 is 0 Å². The number of aliphatic imine (C=N–C) groups is 1. The second-order valence-corrected chi connectivity index (χ2v) is 6.27. The Morgan fingerprint density at radius 3 is 2.19 bits per heavy atom. The van der Waals surface area contributed by atoms with Crippen molar-refractivity contribution in [2.24, 2.45) is 22.2 Å². The Bertz CT molecular complexity index is 296. The van der Waals surface area contributed by atoms with Crippen molar-refractivity contribution in [3.8, 4) is 0 Å². The van der Waals surface area contributed by atoms with Crippen LogP contribution in [-0.4, -0.2) is 17.5 Å². The lowest BCUT2D eigenvalue weighted by atomic mass is 9.74. The number of carbonyl (C=O) groups is 1. The molecule has 0 N–H and O–H groups in total. The van der Waals surface area contributed by atoms with Gasteiger partial charge in [-0.1, -0.05) is 48.0 Å². The van der Waals surface area contributed by atoms with Crippen LogP contribution in [0.1, 0.15) is 54.4 Å². The molecule has 0 spiro atoms. The molecule has 0 saturated heterocycles. The first-order valence-electron chi connectivity index (χ1n) is 6.40. The first kappa shape index (κ1) is 13.4. The maximum atomic E-state index is 12.3. The van der Waals surface area contributed by atoms with Crippen molar-refractivity contribution in [3.63, 3.8) is 0 Å². The molecule has 1 aliphatic heterocycles. The van der Waals surface area contributed by atoms with Gasteiger partial charge in [-0.2, -0.15) is 0 Å². The molecule has 0 aromatic heterocycles. The van der Waals surface area contributed by atoms with E-state index in [9.17, 15) is 4.79 Å². The van der Waals surface area contributed by atoms with Crippen LogP contribution in [0.5, 0.6) is 0 Å². The Kier molecular flexibility index (Phi) is 3.92. The third-order valence-electron chi connectivity index (χ3n) is 3.31. The number of Topliss-reactive ketones (excluding diaryl/α,β-unsaturated/α-hetero) is 1. The Balaban J connectivity index is 3.00. The van der Waals surface area contributed by atoms with Crippen LogP contribution < -0.4 is 0 Å². The molecule has 0 aromatic carbocycles. The smallest absolute Gasteiger partial charge is 0.182 e. The van der Waals surface area contributed by atoms with Gasteiger partial charge in [-0.05, 0) is 17.8 Å². The molecule has 1 heterocycles. The van der Waals surface area contributed by atoms with Crippen LogP contribution >= 0.6 is 0 Å². The van der Waals surface area contributed by atoms with Crippen molar-refractivity contribution >= 4 is 11.5 Å². The van der Waals surface area contributed by atoms with Gasteiger partial charge in [-0.3, -0.25) is 9.79 Å². The van der Waals surface area contributed by atoms with Crippen molar-refractivity contribution in [1.82, 2.24) is 0 Å². The van der Waals surface area contributed by atoms with E-state index < -0.39 is 0 Å². The number of hydrogen-bond donors (Lipinski definition) is 0. The second kappa shape index (κ2) is 4.68. The highest BCUT2D eigenvalue weighted by Crippen LogP contribution is 2.37. The minimum atomic E-state index is 0.0834. The standard InChI is InChI=1S/C14H25NO/c1-7-8-10-12(16)11(9(2)3)13(15-10)14(4,5)6/h9,11,13H,7-8H2,1-6H3. The molecule has 0 amide bonds. The summed E-state index contributed by atoms with van der Waals surface area (Å²) < 4.78 is 0. The van der Waals surface area contributed by atoms with E-state index in [0.717, 1.165) is 18.6 Å². The number of nitrogens with zero attached hydrogens (tertiary/aromatic N) is 1. The molecule has 16 heavy (non-hydrogen) atoms. The monoisotopic (exact) mass is 223 g/mol. The summed E-state index contributed by atoms with van der Waals surface area (Å²) in [5.41, 5.74) is 0.918. The molecular formula is C14H25NO. The Labute approximate surface area is 99.5 Å². The van der Waals surface area contributed by atoms with Crippen molar-refractivity contribution in [2.75, 3.05) is 0 Å². The van der Waals surface area contributed by atoms with Crippen LogP contribution in [0.25, 0.3) is 0 Å². The largest absolute Gasteiger partial charge is 0.292 e. The number of hydrogen-bond acceptors (Lipinski definition) is 2. The summed E-state index contributed by atoms with van der Waals surface area (Å²) in [4.78, 5) is 17.0. The van der Waals surface area contributed by atoms with E-state index in [1.807, 2.05) is 0 Å². The lowest BCUT2D eigenvalue weighted by Crippen LogP contribution is -2.36. The summed E-state index contributed by atoms with van der Waals surface area (Å²) in [6, 6.07) is 0.168. The second-order valence-electron chi connectivity index (χ2n) is 6.27. The quantitative estimate of drug-likeness (QED) is 0.720. The van der Waals surface area contributed by atoms with E-state index >= 15 is 0 Å². The van der Waals surface area contributed by atoms with Crippen LogP contribution in [0.2, 0.25) is 0 Å². The van der Waals surface area contributed by atoms with Crippen LogP contribution in [0.3, 0.4) is 0 Å². The molecule has 1 aliphatic rings. The van der Waals surface area contributed by atoms with E-state index in [1.165, 1.54) is 0 Å². The van der Waals surface area contributed by atoms with Gasteiger partial charge in [0.1, 0.15) is 0 Å². The van der Waals surface area contributed by atoms with E-state index in [0.29, 0.717) is 11.7 Å². The molecule has 2 heteroatoms. The fourth-order valence-corrected chi connectivity index (χ4v) is 2.47. The van der Waals surface area contributed by atoms with E-state index in [4.69, 9.17) is 4.99 Å². The summed E-state index contributed by atoms with van der Waals surface area (Å²) in [5, 5.41) is 0. The molecule has 0 radical (unpaired) electrons. The molecular weight excluding hydrogens is 198 g/mol. The molecule has 0 aromatic rings. The average molecular weight is 223 g/mol. The van der Waals surface area contributed by atoms with Crippen LogP contribution in [0.4, 0.5) is 0 Å². The molecule has 2 unspecified atom stereocenters. The number of rotatable bonds is 3. The zero-order chi connectivity index (χ0) is 12.5. The molecule has 0 aliphatic carbocycles. The zero-order valence-electron chi connectivity index (χ0n) is 11.5. The SMILES string of the molecule is CCCC1=NC(C(C)(C)C)C(C(C)C)C1=O. The number of carbonyl (C=O) groups excluding carboxylic acids is 1. The molecule has 2 nitrogen and oxygen atoms in total. The Morgan fingerprint density at radius 1 is 1.31 bits per heavy atom. The predicted octanol–water partition coefficient (Wildman–Crippen LogP) is 3.50. The maximum Gasteiger partial charge on any atom is 0.182 e. The van der Waals surface area contributed by atoms with Crippen molar-refractivity contribution in [3.05, 3.63) is 0 Å². The summed E-state index contributed by atoms with van der Waals surface area (Å²) >= 11 is 0. The van der Waals surface area contributed by atoms with Crippen molar-refractivity contribution in [1.29, 1.82) is 0 Å². The highest BCUT2D eigenvalue weighted by molar-refractivity contribution is 6.42. The minimum Gasteiger partial charge on any atom is -0.292 e. The Morgan fingerprint density at radius 2 is 1.88 bits per heavy atom. The van der Waals surface area contributed by atoms with Gasteiger partial charge in [-0.15, -0.1) is 0 Å². The van der Waals surface area contributed by atoms with E-state index in [-0.39, 0.29) is 17.4 Å². The van der Waals surface area contributed by atoms with E-state index in [2.05, 4.69) is 41.5 Å². The van der Waals surface area contributed by atoms with Crippen molar-refractivity contribution < 1.29 is 4.79 Å². The highest BCUT2D eigenvalue weighted by Gasteiger charge is 2.44. The van der Waals surface area contributed by atoms with Crippen molar-refractivity contribution in [2.45, 2.75) is 60.4 Å². The summed E-state index contributed by atoms with van der Waals surface area (Å²) in [6.07, 6.45) is 1.85. The van der Waals surface area contributed by atoms with E-state index in [1.54, 1.807) is 0 Å². The first-order valence-corrected chi connectivity index (χ1v) is 6.40. The molecule has 2 atom stereocenters. The van der Waals surface area contributed by atoms with Crippen LogP contribution in [-0.2, 0) is 4.79 Å². The van der Waals surface area contributed by atoms with Gasteiger partial charge in [0.2, 0.25) is 0 Å². The fourth-order valence-electron chi connectivity index (χ4n) is 2.47. The van der Waals surface area contributed by atoms with Gasteiger partial charge in [0.25, 0.3) is 0 Å². The lowest BCUT2D eigenvalue weighted by molar-refractivity contribution is -0.118. The maximum absolute atomic E-state index is 12.3. The van der Waals surface area contributed by atoms with Gasteiger partial charge >= 0.3 is 0 Å². The Hall–Kier alpha value is -0.660.